The van der Waals surface area contributed by atoms with Gasteiger partial charge in [0.25, 0.3) is 0 Å². The van der Waals surface area contributed by atoms with Crippen LogP contribution >= 0.6 is 0 Å². The predicted molar refractivity (Wildman–Crippen MR) is 174 cm³/mol. The number of benzene rings is 2. The first-order valence-electron chi connectivity index (χ1n) is 15.5. The molecule has 0 radical (unpaired) electrons. The number of amides is 2. The number of hydrogen-bond donors (Lipinski definition) is 2. The van der Waals surface area contributed by atoms with Crippen LogP contribution in [0, 0.1) is 0 Å². The van der Waals surface area contributed by atoms with Crippen LogP contribution < -0.4 is 20.1 Å². The average molecular weight is 671 g/mol. The number of rotatable bonds is 22. The van der Waals surface area contributed by atoms with Crippen molar-refractivity contribution in [2.75, 3.05) is 79.2 Å². The molecule has 0 unspecified atom stereocenters. The quantitative estimate of drug-likeness (QED) is 0.0815. The zero-order valence-electron chi connectivity index (χ0n) is 26.8. The van der Waals surface area contributed by atoms with E-state index in [0.717, 1.165) is 23.3 Å². The van der Waals surface area contributed by atoms with Crippen LogP contribution in [0.3, 0.4) is 0 Å². The maximum absolute atomic E-state index is 12.8. The van der Waals surface area contributed by atoms with Crippen molar-refractivity contribution in [2.24, 2.45) is 0 Å². The maximum atomic E-state index is 12.8. The Morgan fingerprint density at radius 3 is 1.35 bits per heavy atom. The first-order valence-corrected chi connectivity index (χ1v) is 15.5. The van der Waals surface area contributed by atoms with E-state index in [4.69, 9.17) is 37.9 Å². The van der Waals surface area contributed by atoms with Gasteiger partial charge in [-0.3, -0.25) is 0 Å². The van der Waals surface area contributed by atoms with Gasteiger partial charge in [-0.25, -0.2) is 19.2 Å². The van der Waals surface area contributed by atoms with Crippen molar-refractivity contribution in [3.8, 4) is 11.5 Å². The highest BCUT2D eigenvalue weighted by Crippen LogP contribution is 2.43. The van der Waals surface area contributed by atoms with Gasteiger partial charge < -0.3 is 48.5 Å². The number of carbonyl (C=O) groups is 4. The van der Waals surface area contributed by atoms with Gasteiger partial charge in [-0.1, -0.05) is 49.6 Å². The average Bonchev–Trinajstić information content (AvgIpc) is 3.10. The molecule has 0 aliphatic heterocycles. The van der Waals surface area contributed by atoms with E-state index >= 15 is 0 Å². The van der Waals surface area contributed by atoms with Crippen LogP contribution in [0.5, 0.6) is 11.5 Å². The number of ether oxygens (including phenoxy) is 8. The van der Waals surface area contributed by atoms with E-state index in [1.807, 2.05) is 36.4 Å². The molecule has 0 bridgehead atoms. The van der Waals surface area contributed by atoms with Gasteiger partial charge in [-0.15, -0.1) is 0 Å². The van der Waals surface area contributed by atoms with Crippen LogP contribution in [-0.2, 0) is 50.9 Å². The van der Waals surface area contributed by atoms with Gasteiger partial charge >= 0.3 is 24.1 Å². The summed E-state index contributed by atoms with van der Waals surface area (Å²) < 4.78 is 42.8. The molecule has 0 fully saturated rings. The van der Waals surface area contributed by atoms with Gasteiger partial charge in [-0.05, 0) is 12.8 Å². The molecule has 0 saturated carbocycles. The molecule has 14 nitrogen and oxygen atoms in total. The number of esters is 2. The Hall–Kier alpha value is -4.76. The van der Waals surface area contributed by atoms with E-state index < -0.39 is 24.1 Å². The SMILES string of the molecule is C=CC(=O)OCCOCCOCCNC(=O)Oc1c2c(c(OC(=O)NCCOCCOCCOC(=O)C=C)c3ccccc13)CC=CC2. The predicted octanol–water partition coefficient (Wildman–Crippen LogP) is 3.20. The van der Waals surface area contributed by atoms with E-state index in [0.29, 0.717) is 61.5 Å². The fourth-order valence-electron chi connectivity index (χ4n) is 4.42. The molecule has 0 atom stereocenters. The lowest BCUT2D eigenvalue weighted by Gasteiger charge is -2.22. The summed E-state index contributed by atoms with van der Waals surface area (Å²) in [6, 6.07) is 7.25. The molecule has 48 heavy (non-hydrogen) atoms. The van der Waals surface area contributed by atoms with Gasteiger partial charge in [0, 0.05) is 47.1 Å². The largest absolute Gasteiger partial charge is 0.460 e. The fraction of sp³-hybridized carbons (Fsp3) is 0.412. The molecule has 260 valence electrons. The van der Waals surface area contributed by atoms with Crippen molar-refractivity contribution in [1.29, 1.82) is 0 Å². The molecular formula is C34H42N2O12. The summed E-state index contributed by atoms with van der Waals surface area (Å²) in [4.78, 5) is 47.5. The Morgan fingerprint density at radius 1 is 0.583 bits per heavy atom. The van der Waals surface area contributed by atoms with Gasteiger partial charge in [0.05, 0.1) is 52.9 Å². The van der Waals surface area contributed by atoms with Crippen LogP contribution in [0.4, 0.5) is 9.59 Å². The van der Waals surface area contributed by atoms with Gasteiger partial charge in [0.15, 0.2) is 0 Å². The summed E-state index contributed by atoms with van der Waals surface area (Å²) in [6.07, 6.45) is 5.80. The van der Waals surface area contributed by atoms with Crippen LogP contribution in [0.15, 0.2) is 61.7 Å². The first kappa shape index (κ1) is 37.7. The van der Waals surface area contributed by atoms with Gasteiger partial charge in [0.2, 0.25) is 0 Å². The molecule has 3 rings (SSSR count). The molecule has 2 amide bonds. The Kier molecular flexibility index (Phi) is 17.2. The molecule has 0 aromatic heterocycles. The highest BCUT2D eigenvalue weighted by molar-refractivity contribution is 5.99. The highest BCUT2D eigenvalue weighted by Gasteiger charge is 2.25. The third-order valence-electron chi connectivity index (χ3n) is 6.58. The van der Waals surface area contributed by atoms with Crippen LogP contribution in [0.25, 0.3) is 10.8 Å². The lowest BCUT2D eigenvalue weighted by Crippen LogP contribution is -2.31. The smallest absolute Gasteiger partial charge is 0.412 e. The maximum Gasteiger partial charge on any atom is 0.412 e. The van der Waals surface area contributed by atoms with Crippen LogP contribution in [0.1, 0.15) is 11.1 Å². The Balaban J connectivity index is 1.45. The lowest BCUT2D eigenvalue weighted by atomic mass is 9.90. The molecule has 2 aromatic carbocycles. The lowest BCUT2D eigenvalue weighted by molar-refractivity contribution is -0.140. The summed E-state index contributed by atoms with van der Waals surface area (Å²) in [5, 5.41) is 6.62. The van der Waals surface area contributed by atoms with E-state index in [1.54, 1.807) is 0 Å². The summed E-state index contributed by atoms with van der Waals surface area (Å²) in [6.45, 7) is 9.45. The second kappa shape index (κ2) is 21.9. The van der Waals surface area contributed by atoms with E-state index in [1.165, 1.54) is 0 Å². The second-order valence-corrected chi connectivity index (χ2v) is 9.87. The zero-order valence-corrected chi connectivity index (χ0v) is 26.8. The Labute approximate surface area is 278 Å². The van der Waals surface area contributed by atoms with Gasteiger partial charge in [0.1, 0.15) is 24.7 Å². The summed E-state index contributed by atoms with van der Waals surface area (Å²) in [5.41, 5.74) is 1.51. The molecule has 1 aliphatic rings. The monoisotopic (exact) mass is 670 g/mol. The molecular weight excluding hydrogens is 628 g/mol. The molecule has 2 aromatic rings. The molecule has 0 heterocycles. The number of hydrogen-bond acceptors (Lipinski definition) is 12. The van der Waals surface area contributed by atoms with Crippen molar-refractivity contribution in [3.63, 3.8) is 0 Å². The fourth-order valence-corrected chi connectivity index (χ4v) is 4.42. The third kappa shape index (κ3) is 13.2. The van der Waals surface area contributed by atoms with Crippen molar-refractivity contribution >= 4 is 34.9 Å². The molecule has 1 aliphatic carbocycles. The van der Waals surface area contributed by atoms with Crippen LogP contribution in [0.2, 0.25) is 0 Å². The highest BCUT2D eigenvalue weighted by atomic mass is 16.6. The number of fused-ring (bicyclic) bond motifs is 2. The summed E-state index contributed by atoms with van der Waals surface area (Å²) in [5.74, 6) is -0.217. The Morgan fingerprint density at radius 2 is 0.958 bits per heavy atom. The summed E-state index contributed by atoms with van der Waals surface area (Å²) in [7, 11) is 0. The molecule has 2 N–H and O–H groups in total. The van der Waals surface area contributed by atoms with Gasteiger partial charge in [-0.2, -0.15) is 0 Å². The van der Waals surface area contributed by atoms with E-state index in [9.17, 15) is 19.2 Å². The number of carbonyl (C=O) groups excluding carboxylic acids is 4. The van der Waals surface area contributed by atoms with Crippen LogP contribution in [-0.4, -0.2) is 103 Å². The van der Waals surface area contributed by atoms with Crippen molar-refractivity contribution in [3.05, 3.63) is 72.9 Å². The zero-order chi connectivity index (χ0) is 34.4. The van der Waals surface area contributed by atoms with Crippen molar-refractivity contribution in [2.45, 2.75) is 12.8 Å². The molecule has 0 spiro atoms. The third-order valence-corrected chi connectivity index (χ3v) is 6.58. The Bertz CT molecular complexity index is 1320. The molecule has 14 heteroatoms. The normalized spacial score (nSPS) is 11.7. The minimum absolute atomic E-state index is 0.126. The van der Waals surface area contributed by atoms with E-state index in [2.05, 4.69) is 23.8 Å². The second-order valence-electron chi connectivity index (χ2n) is 9.87. The first-order chi connectivity index (χ1) is 23.4. The minimum atomic E-state index is -0.645. The standard InChI is InChI=1S/C34H42N2O12/c1-3-29(37)45-23-21-43-19-17-41-15-13-35-33(39)47-31-25-9-5-7-11-27(25)32(28-12-8-6-10-26(28)31)48-34(40)36-14-16-42-18-20-44-22-24-46-30(38)4-2/h3-9,11H,1-2,10,12-24H2,(H,35,39)(H,36,40). The number of allylic oxidation sites excluding steroid dienone is 2. The summed E-state index contributed by atoms with van der Waals surface area (Å²) >= 11 is 0. The van der Waals surface area contributed by atoms with Crippen molar-refractivity contribution in [1.82, 2.24) is 10.6 Å². The minimum Gasteiger partial charge on any atom is -0.460 e. The van der Waals surface area contributed by atoms with E-state index in [-0.39, 0.29) is 52.7 Å². The molecule has 0 saturated heterocycles. The topological polar surface area (TPSA) is 166 Å². The van der Waals surface area contributed by atoms with Crippen molar-refractivity contribution < 1.29 is 57.1 Å². The number of nitrogens with one attached hydrogen (secondary N) is 2.